The van der Waals surface area contributed by atoms with Crippen LogP contribution in [0.5, 0.6) is 0 Å². The maximum atomic E-state index is 14.3. The van der Waals surface area contributed by atoms with Crippen LogP contribution in [0.15, 0.2) is 11.6 Å². The van der Waals surface area contributed by atoms with Crippen molar-refractivity contribution in [2.24, 2.45) is 50.2 Å². The quantitative estimate of drug-likeness (QED) is 0.235. The van der Waals surface area contributed by atoms with Crippen LogP contribution in [-0.4, -0.2) is 74.9 Å². The first-order valence-corrected chi connectivity index (χ1v) is 16.8. The number of esters is 1. The summed E-state index contributed by atoms with van der Waals surface area (Å²) in [6.45, 7) is 16.0. The van der Waals surface area contributed by atoms with E-state index in [1.54, 1.807) is 0 Å². The van der Waals surface area contributed by atoms with Gasteiger partial charge in [-0.2, -0.15) is 0 Å². The molecule has 5 aliphatic carbocycles. The van der Waals surface area contributed by atoms with E-state index in [2.05, 4.69) is 54.5 Å². The van der Waals surface area contributed by atoms with Crippen molar-refractivity contribution < 1.29 is 39.8 Å². The Balaban J connectivity index is 1.39. The number of aliphatic hydroxyl groups excluding tert-OH is 5. The fraction of sp³-hybridized carbons (Fsp3) is 0.914. The van der Waals surface area contributed by atoms with Crippen LogP contribution in [0.3, 0.4) is 0 Å². The van der Waals surface area contributed by atoms with Gasteiger partial charge in [0.2, 0.25) is 6.29 Å². The first-order valence-electron chi connectivity index (χ1n) is 16.8. The van der Waals surface area contributed by atoms with Gasteiger partial charge in [0.25, 0.3) is 0 Å². The Bertz CT molecular complexity index is 1160. The molecule has 1 saturated heterocycles. The lowest BCUT2D eigenvalue weighted by Crippen LogP contribution is -2.68. The molecule has 0 unspecified atom stereocenters. The standard InChI is InChI=1S/C35H56O8/c1-30(2)14-15-35(29(41)43-28-27(40)26(39)21(36)18-42-28)20(16-30)19-8-9-23-32(5)12-11-24(37)31(3,4)22(32)10-13-33(23,6)34(19,7)17-25(35)38/h8,20-28,36-40H,9-18H2,1-7H3/t20-,21-,22-,23+,24-,25+,26-,27+,28-,32-,33+,34+,35+/m0/s1. The summed E-state index contributed by atoms with van der Waals surface area (Å²) in [6.07, 6.45) is 2.71. The summed E-state index contributed by atoms with van der Waals surface area (Å²) >= 11 is 0. The molecule has 6 rings (SSSR count). The van der Waals surface area contributed by atoms with Crippen molar-refractivity contribution >= 4 is 5.97 Å². The zero-order chi connectivity index (χ0) is 31.5. The number of allylic oxidation sites excluding steroid dienone is 2. The molecule has 1 aliphatic heterocycles. The van der Waals surface area contributed by atoms with E-state index >= 15 is 0 Å². The lowest BCUT2D eigenvalue weighted by atomic mass is 9.33. The van der Waals surface area contributed by atoms with Gasteiger partial charge in [0.15, 0.2) is 0 Å². The highest BCUT2D eigenvalue weighted by molar-refractivity contribution is 5.80. The second-order valence-corrected chi connectivity index (χ2v) is 17.5. The number of aliphatic hydroxyl groups is 5. The monoisotopic (exact) mass is 604 g/mol. The minimum absolute atomic E-state index is 0.0284. The van der Waals surface area contributed by atoms with Crippen LogP contribution in [0, 0.1) is 50.2 Å². The van der Waals surface area contributed by atoms with E-state index in [1.165, 1.54) is 5.57 Å². The summed E-state index contributed by atoms with van der Waals surface area (Å²) in [6, 6.07) is 0. The Morgan fingerprint density at radius 2 is 1.53 bits per heavy atom. The van der Waals surface area contributed by atoms with Crippen molar-refractivity contribution in [3.63, 3.8) is 0 Å². The highest BCUT2D eigenvalue weighted by Gasteiger charge is 2.71. The van der Waals surface area contributed by atoms with Crippen LogP contribution in [-0.2, 0) is 14.3 Å². The van der Waals surface area contributed by atoms with E-state index in [9.17, 15) is 30.3 Å². The predicted octanol–water partition coefficient (Wildman–Crippen LogP) is 4.10. The fourth-order valence-corrected chi connectivity index (χ4v) is 11.8. The molecule has 0 amide bonds. The average Bonchev–Trinajstić information content (AvgIpc) is 2.91. The van der Waals surface area contributed by atoms with Gasteiger partial charge in [0.1, 0.15) is 23.7 Å². The smallest absolute Gasteiger partial charge is 0.317 e. The summed E-state index contributed by atoms with van der Waals surface area (Å²) in [5.74, 6) is 0.0253. The topological polar surface area (TPSA) is 137 Å². The van der Waals surface area contributed by atoms with Crippen molar-refractivity contribution in [3.05, 3.63) is 11.6 Å². The van der Waals surface area contributed by atoms with Gasteiger partial charge in [-0.25, -0.2) is 0 Å². The van der Waals surface area contributed by atoms with Gasteiger partial charge in [-0.05, 0) is 103 Å². The number of fused-ring (bicyclic) bond motifs is 7. The summed E-state index contributed by atoms with van der Waals surface area (Å²) in [5.41, 5.74) is -0.392. The molecule has 0 aromatic carbocycles. The van der Waals surface area contributed by atoms with E-state index in [0.29, 0.717) is 24.7 Å². The molecular formula is C35H56O8. The third-order valence-electron chi connectivity index (χ3n) is 14.7. The molecular weight excluding hydrogens is 548 g/mol. The SMILES string of the molecule is CC1(C)CC[C@]2(C(=O)O[C@@H]3OC[C@H](O)[C@H](O)[C@H]3O)[C@H](O)C[C@]3(C)C(=CC[C@@H]4[C@@]5(C)CC[C@H](O)C(C)(C)[C@@H]5CC[C@]43C)[C@@H]2C1. The van der Waals surface area contributed by atoms with Gasteiger partial charge in [0.05, 0.1) is 18.8 Å². The van der Waals surface area contributed by atoms with Crippen LogP contribution in [0.1, 0.15) is 106 Å². The van der Waals surface area contributed by atoms with E-state index < -0.39 is 42.1 Å². The van der Waals surface area contributed by atoms with Crippen molar-refractivity contribution in [1.29, 1.82) is 0 Å². The van der Waals surface area contributed by atoms with Crippen molar-refractivity contribution in [3.8, 4) is 0 Å². The number of hydrogen-bond donors (Lipinski definition) is 5. The molecule has 13 atom stereocenters. The molecule has 6 aliphatic rings. The molecule has 0 bridgehead atoms. The molecule has 5 N–H and O–H groups in total. The summed E-state index contributed by atoms with van der Waals surface area (Å²) in [7, 11) is 0. The molecule has 0 spiro atoms. The largest absolute Gasteiger partial charge is 0.432 e. The highest BCUT2D eigenvalue weighted by Crippen LogP contribution is 2.75. The van der Waals surface area contributed by atoms with Crippen molar-refractivity contribution in [1.82, 2.24) is 0 Å². The van der Waals surface area contributed by atoms with Crippen LogP contribution >= 0.6 is 0 Å². The maximum absolute atomic E-state index is 14.3. The van der Waals surface area contributed by atoms with Crippen LogP contribution in [0.2, 0.25) is 0 Å². The van der Waals surface area contributed by atoms with Gasteiger partial charge in [-0.1, -0.05) is 60.1 Å². The highest BCUT2D eigenvalue weighted by atomic mass is 16.7. The zero-order valence-corrected chi connectivity index (χ0v) is 27.3. The van der Waals surface area contributed by atoms with Gasteiger partial charge in [0, 0.05) is 0 Å². The van der Waals surface area contributed by atoms with Crippen molar-refractivity contribution in [2.45, 2.75) is 143 Å². The Hall–Kier alpha value is -1.03. The molecule has 5 fully saturated rings. The lowest BCUT2D eigenvalue weighted by Gasteiger charge is -2.71. The molecule has 43 heavy (non-hydrogen) atoms. The van der Waals surface area contributed by atoms with E-state index in [4.69, 9.17) is 9.47 Å². The molecule has 0 aromatic heterocycles. The molecule has 0 radical (unpaired) electrons. The number of ether oxygens (including phenoxy) is 2. The van der Waals surface area contributed by atoms with Crippen LogP contribution in [0.4, 0.5) is 0 Å². The van der Waals surface area contributed by atoms with Gasteiger partial charge >= 0.3 is 5.97 Å². The molecule has 8 heteroatoms. The van der Waals surface area contributed by atoms with E-state index in [0.717, 1.165) is 44.9 Å². The predicted molar refractivity (Wildman–Crippen MR) is 160 cm³/mol. The normalized spacial score (nSPS) is 53.8. The zero-order valence-electron chi connectivity index (χ0n) is 27.3. The third-order valence-corrected chi connectivity index (χ3v) is 14.7. The second kappa shape index (κ2) is 9.98. The number of rotatable bonds is 2. The minimum atomic E-state index is -1.57. The molecule has 4 saturated carbocycles. The van der Waals surface area contributed by atoms with Crippen molar-refractivity contribution in [2.75, 3.05) is 6.61 Å². The average molecular weight is 605 g/mol. The maximum Gasteiger partial charge on any atom is 0.317 e. The minimum Gasteiger partial charge on any atom is -0.432 e. The first kappa shape index (κ1) is 31.9. The summed E-state index contributed by atoms with van der Waals surface area (Å²) in [5, 5.41) is 54.0. The van der Waals surface area contributed by atoms with E-state index in [-0.39, 0.29) is 45.7 Å². The number of hydrogen-bond acceptors (Lipinski definition) is 8. The number of carbonyl (C=O) groups is 1. The Morgan fingerprint density at radius 1 is 0.837 bits per heavy atom. The fourth-order valence-electron chi connectivity index (χ4n) is 11.8. The van der Waals surface area contributed by atoms with Gasteiger partial charge < -0.3 is 35.0 Å². The molecule has 244 valence electrons. The van der Waals surface area contributed by atoms with Crippen LogP contribution in [0.25, 0.3) is 0 Å². The number of carbonyl (C=O) groups excluding carboxylic acids is 1. The van der Waals surface area contributed by atoms with Gasteiger partial charge in [-0.15, -0.1) is 0 Å². The third kappa shape index (κ3) is 4.25. The van der Waals surface area contributed by atoms with E-state index in [1.807, 2.05) is 0 Å². The van der Waals surface area contributed by atoms with Crippen LogP contribution < -0.4 is 0 Å². The summed E-state index contributed by atoms with van der Waals surface area (Å²) < 4.78 is 11.3. The Labute approximate surface area is 257 Å². The van der Waals surface area contributed by atoms with Gasteiger partial charge in [-0.3, -0.25) is 4.79 Å². The molecule has 8 nitrogen and oxygen atoms in total. The summed E-state index contributed by atoms with van der Waals surface area (Å²) in [4.78, 5) is 14.3. The second-order valence-electron chi connectivity index (χ2n) is 17.5. The Kier molecular flexibility index (Phi) is 7.41. The first-order chi connectivity index (χ1) is 19.8. The molecule has 1 heterocycles. The molecule has 0 aromatic rings. The Morgan fingerprint density at radius 3 is 2.23 bits per heavy atom. The lowest BCUT2D eigenvalue weighted by molar-refractivity contribution is -0.274.